The summed E-state index contributed by atoms with van der Waals surface area (Å²) >= 11 is 11.8. The Kier molecular flexibility index (Phi) is 5.93. The van der Waals surface area contributed by atoms with E-state index in [9.17, 15) is 4.79 Å². The van der Waals surface area contributed by atoms with Crippen molar-refractivity contribution in [3.8, 4) is 0 Å². The second-order valence-electron chi connectivity index (χ2n) is 4.04. The molecule has 0 radical (unpaired) electrons. The summed E-state index contributed by atoms with van der Waals surface area (Å²) in [6.45, 7) is 5.89. The summed E-state index contributed by atoms with van der Waals surface area (Å²) in [4.78, 5) is 11.5. The zero-order chi connectivity index (χ0) is 13.7. The number of halogens is 2. The Balaban J connectivity index is 2.67. The predicted molar refractivity (Wildman–Crippen MR) is 74.1 cm³/mol. The molecule has 1 rings (SSSR count). The van der Waals surface area contributed by atoms with Gasteiger partial charge in [0.2, 0.25) is 0 Å². The third kappa shape index (κ3) is 4.16. The topological polar surface area (TPSA) is 38.3 Å². The van der Waals surface area contributed by atoms with Crippen molar-refractivity contribution in [1.82, 2.24) is 5.32 Å². The normalized spacial score (nSPS) is 14.1. The van der Waals surface area contributed by atoms with Crippen LogP contribution < -0.4 is 5.32 Å². The summed E-state index contributed by atoms with van der Waals surface area (Å²) in [6.07, 6.45) is 0. The van der Waals surface area contributed by atoms with Gasteiger partial charge in [0.15, 0.2) is 0 Å². The number of nitrogens with one attached hydrogen (secondary N) is 1. The summed E-state index contributed by atoms with van der Waals surface area (Å²) < 4.78 is 4.93. The van der Waals surface area contributed by atoms with Gasteiger partial charge >= 0.3 is 5.97 Å². The molecule has 0 aliphatic rings. The first kappa shape index (κ1) is 15.3. The van der Waals surface area contributed by atoms with Crippen LogP contribution in [0.3, 0.4) is 0 Å². The highest BCUT2D eigenvalue weighted by Gasteiger charge is 2.17. The molecule has 1 aromatic carbocycles. The zero-order valence-corrected chi connectivity index (χ0v) is 12.2. The Hall–Kier alpha value is -0.770. The minimum Gasteiger partial charge on any atom is -0.465 e. The van der Waals surface area contributed by atoms with Gasteiger partial charge in [0.1, 0.15) is 6.04 Å². The fourth-order valence-electron chi connectivity index (χ4n) is 1.59. The van der Waals surface area contributed by atoms with Crippen LogP contribution >= 0.6 is 23.2 Å². The molecule has 0 aromatic heterocycles. The van der Waals surface area contributed by atoms with Gasteiger partial charge in [-0.25, -0.2) is 0 Å². The van der Waals surface area contributed by atoms with Gasteiger partial charge in [-0.15, -0.1) is 0 Å². The van der Waals surface area contributed by atoms with E-state index in [0.717, 1.165) is 5.56 Å². The van der Waals surface area contributed by atoms with Gasteiger partial charge in [-0.05, 0) is 38.5 Å². The van der Waals surface area contributed by atoms with Crippen molar-refractivity contribution in [3.05, 3.63) is 33.8 Å². The van der Waals surface area contributed by atoms with Crippen LogP contribution in [0.1, 0.15) is 32.4 Å². The Bertz CT molecular complexity index is 423. The van der Waals surface area contributed by atoms with Gasteiger partial charge in [0, 0.05) is 6.04 Å². The average Bonchev–Trinajstić information content (AvgIpc) is 2.32. The second-order valence-corrected chi connectivity index (χ2v) is 4.85. The van der Waals surface area contributed by atoms with Crippen molar-refractivity contribution in [2.75, 3.05) is 6.61 Å². The minimum atomic E-state index is -0.366. The maximum absolute atomic E-state index is 11.5. The first-order valence-corrected chi connectivity index (χ1v) is 6.59. The molecule has 2 atom stereocenters. The molecule has 1 N–H and O–H groups in total. The lowest BCUT2D eigenvalue weighted by Crippen LogP contribution is -2.37. The second kappa shape index (κ2) is 6.98. The molecule has 0 bridgehead atoms. The van der Waals surface area contributed by atoms with E-state index in [1.54, 1.807) is 26.0 Å². The van der Waals surface area contributed by atoms with Crippen LogP contribution in [0.4, 0.5) is 0 Å². The molecule has 2 unspecified atom stereocenters. The fourth-order valence-corrected chi connectivity index (χ4v) is 1.89. The van der Waals surface area contributed by atoms with Crippen molar-refractivity contribution in [2.45, 2.75) is 32.9 Å². The van der Waals surface area contributed by atoms with E-state index in [0.29, 0.717) is 16.7 Å². The lowest BCUT2D eigenvalue weighted by Gasteiger charge is -2.19. The molecule has 0 aliphatic heterocycles. The van der Waals surface area contributed by atoms with Crippen molar-refractivity contribution >= 4 is 29.2 Å². The molecule has 3 nitrogen and oxygen atoms in total. The summed E-state index contributed by atoms with van der Waals surface area (Å²) in [5, 5.41) is 4.18. The predicted octanol–water partition coefficient (Wildman–Crippen LogP) is 3.60. The van der Waals surface area contributed by atoms with Crippen molar-refractivity contribution in [3.63, 3.8) is 0 Å². The largest absolute Gasteiger partial charge is 0.465 e. The number of rotatable bonds is 5. The van der Waals surface area contributed by atoms with Crippen LogP contribution in [0, 0.1) is 0 Å². The third-order valence-corrected chi connectivity index (χ3v) is 3.32. The molecule has 0 saturated heterocycles. The van der Waals surface area contributed by atoms with E-state index in [1.165, 1.54) is 0 Å². The average molecular weight is 290 g/mol. The highest BCUT2D eigenvalue weighted by Crippen LogP contribution is 2.25. The number of hydrogen-bond acceptors (Lipinski definition) is 3. The van der Waals surface area contributed by atoms with E-state index >= 15 is 0 Å². The first-order valence-electron chi connectivity index (χ1n) is 5.83. The fraction of sp³-hybridized carbons (Fsp3) is 0.462. The van der Waals surface area contributed by atoms with Crippen LogP contribution in [0.2, 0.25) is 10.0 Å². The standard InChI is InChI=1S/C13H17Cl2NO2/c1-4-18-13(17)9(3)16-8(2)10-5-6-11(14)12(15)7-10/h5-9,16H,4H2,1-3H3. The minimum absolute atomic E-state index is 0.0147. The molecule has 0 aliphatic carbocycles. The monoisotopic (exact) mass is 289 g/mol. The maximum atomic E-state index is 11.5. The quantitative estimate of drug-likeness (QED) is 0.842. The van der Waals surface area contributed by atoms with Crippen molar-refractivity contribution < 1.29 is 9.53 Å². The lowest BCUT2D eigenvalue weighted by molar-refractivity contribution is -0.145. The van der Waals surface area contributed by atoms with Gasteiger partial charge in [-0.2, -0.15) is 0 Å². The summed E-state index contributed by atoms with van der Waals surface area (Å²) in [7, 11) is 0. The molecular formula is C13H17Cl2NO2. The maximum Gasteiger partial charge on any atom is 0.322 e. The molecule has 0 saturated carbocycles. The third-order valence-electron chi connectivity index (χ3n) is 2.58. The van der Waals surface area contributed by atoms with Gasteiger partial charge in [0.25, 0.3) is 0 Å². The smallest absolute Gasteiger partial charge is 0.322 e. The van der Waals surface area contributed by atoms with Gasteiger partial charge < -0.3 is 4.74 Å². The molecule has 1 aromatic rings. The van der Waals surface area contributed by atoms with Gasteiger partial charge in [-0.1, -0.05) is 29.3 Å². The number of carbonyl (C=O) groups is 1. The van der Waals surface area contributed by atoms with Gasteiger partial charge in [0.05, 0.1) is 16.7 Å². The highest BCUT2D eigenvalue weighted by molar-refractivity contribution is 6.42. The summed E-state index contributed by atoms with van der Waals surface area (Å²) in [5.41, 5.74) is 0.973. The van der Waals surface area contributed by atoms with Crippen LogP contribution in [-0.2, 0) is 9.53 Å². The lowest BCUT2D eigenvalue weighted by atomic mass is 10.1. The summed E-state index contributed by atoms with van der Waals surface area (Å²) in [5.74, 6) is -0.260. The van der Waals surface area contributed by atoms with E-state index < -0.39 is 0 Å². The number of benzene rings is 1. The number of ether oxygens (including phenoxy) is 1. The van der Waals surface area contributed by atoms with Gasteiger partial charge in [-0.3, -0.25) is 10.1 Å². The van der Waals surface area contributed by atoms with E-state index in [1.807, 2.05) is 13.0 Å². The molecule has 0 heterocycles. The zero-order valence-electron chi connectivity index (χ0n) is 10.7. The molecule has 0 amide bonds. The number of esters is 1. The van der Waals surface area contributed by atoms with Crippen molar-refractivity contribution in [2.24, 2.45) is 0 Å². The number of carbonyl (C=O) groups excluding carboxylic acids is 1. The molecule has 0 fully saturated rings. The van der Waals surface area contributed by atoms with Crippen LogP contribution in [-0.4, -0.2) is 18.6 Å². The van der Waals surface area contributed by atoms with Crippen LogP contribution in [0.25, 0.3) is 0 Å². The van der Waals surface area contributed by atoms with Crippen LogP contribution in [0.5, 0.6) is 0 Å². The van der Waals surface area contributed by atoms with Crippen LogP contribution in [0.15, 0.2) is 18.2 Å². The molecule has 5 heteroatoms. The van der Waals surface area contributed by atoms with E-state index in [-0.39, 0.29) is 18.1 Å². The highest BCUT2D eigenvalue weighted by atomic mass is 35.5. The van der Waals surface area contributed by atoms with Crippen molar-refractivity contribution in [1.29, 1.82) is 0 Å². The summed E-state index contributed by atoms with van der Waals surface area (Å²) in [6, 6.07) is 5.03. The molecule has 0 spiro atoms. The first-order chi connectivity index (χ1) is 8.45. The Morgan fingerprint density at radius 1 is 1.33 bits per heavy atom. The Morgan fingerprint density at radius 3 is 2.56 bits per heavy atom. The van der Waals surface area contributed by atoms with E-state index in [2.05, 4.69) is 5.32 Å². The van der Waals surface area contributed by atoms with E-state index in [4.69, 9.17) is 27.9 Å². The molecule has 18 heavy (non-hydrogen) atoms. The molecular weight excluding hydrogens is 273 g/mol. The Morgan fingerprint density at radius 2 is 2.00 bits per heavy atom. The Labute approximate surface area is 117 Å². The molecule has 100 valence electrons. The SMILES string of the molecule is CCOC(=O)C(C)NC(C)c1ccc(Cl)c(Cl)c1. The number of hydrogen-bond donors (Lipinski definition) is 1.